The van der Waals surface area contributed by atoms with Gasteiger partial charge in [0.1, 0.15) is 11.8 Å². The van der Waals surface area contributed by atoms with Crippen LogP contribution in [0.25, 0.3) is 0 Å². The van der Waals surface area contributed by atoms with Gasteiger partial charge < -0.3 is 20.1 Å². The van der Waals surface area contributed by atoms with Crippen molar-refractivity contribution < 1.29 is 41.1 Å². The van der Waals surface area contributed by atoms with E-state index in [1.807, 2.05) is 6.07 Å². The second kappa shape index (κ2) is 15.5. The van der Waals surface area contributed by atoms with Crippen molar-refractivity contribution in [1.82, 2.24) is 19.8 Å². The fraction of sp³-hybridized carbons (Fsp3) is 0.700. The molecule has 44 heavy (non-hydrogen) atoms. The molecule has 1 aromatic rings. The van der Waals surface area contributed by atoms with E-state index in [0.29, 0.717) is 77.8 Å². The average Bonchev–Trinajstić information content (AvgIpc) is 3.33. The van der Waals surface area contributed by atoms with Crippen LogP contribution in [0.4, 0.5) is 8.78 Å². The Morgan fingerprint density at radius 3 is 2.57 bits per heavy atom. The summed E-state index contributed by atoms with van der Waals surface area (Å²) in [7, 11) is -3.66. The molecular formula is C30H44F2N4O7S. The van der Waals surface area contributed by atoms with Crippen molar-refractivity contribution in [2.45, 2.75) is 69.9 Å². The molecule has 0 radical (unpaired) electrons. The molecule has 3 heterocycles. The molecule has 2 N–H and O–H groups in total. The largest absolute Gasteiger partial charge is 0.494 e. The third kappa shape index (κ3) is 10.2. The number of nitrogens with zero attached hydrogens (tertiary/aromatic N) is 2. The first kappa shape index (κ1) is 34.2. The van der Waals surface area contributed by atoms with E-state index < -0.39 is 52.3 Å². The Bertz CT molecular complexity index is 1250. The fourth-order valence-electron chi connectivity index (χ4n) is 5.80. The summed E-state index contributed by atoms with van der Waals surface area (Å²) in [4.78, 5) is 42.8. The van der Waals surface area contributed by atoms with E-state index in [2.05, 4.69) is 15.5 Å². The number of ketones is 1. The topological polar surface area (TPSA) is 134 Å². The summed E-state index contributed by atoms with van der Waals surface area (Å²) in [5.74, 6) is -5.11. The SMILES string of the molecule is CC(F)(F)CNC(=O)[C@@H]1CCCCOc2cccc(c2)C[C@H](N2CCCS2(=O)=O)C(=O)C[C@@H](CCN2CCOCC2)C(=O)N1. The number of amides is 2. The number of carbonyl (C=O) groups excluding carboxylic acids is 3. The maximum absolute atomic E-state index is 14.0. The monoisotopic (exact) mass is 642 g/mol. The number of alkyl halides is 2. The molecule has 2 saturated heterocycles. The first-order valence-corrected chi connectivity index (χ1v) is 17.0. The Kier molecular flexibility index (Phi) is 12.1. The number of halogens is 2. The Hall–Kier alpha value is -2.68. The van der Waals surface area contributed by atoms with Crippen LogP contribution in [0, 0.1) is 5.92 Å². The molecule has 3 aliphatic heterocycles. The minimum absolute atomic E-state index is 0.0471. The van der Waals surface area contributed by atoms with Crippen LogP contribution < -0.4 is 15.4 Å². The molecule has 4 rings (SSSR count). The molecule has 2 bridgehead atoms. The van der Waals surface area contributed by atoms with Crippen molar-refractivity contribution in [3.8, 4) is 5.75 Å². The number of rotatable bonds is 7. The number of nitrogens with one attached hydrogen (secondary N) is 2. The lowest BCUT2D eigenvalue weighted by Gasteiger charge is -2.30. The highest BCUT2D eigenvalue weighted by molar-refractivity contribution is 7.89. The molecular weight excluding hydrogens is 598 g/mol. The Morgan fingerprint density at radius 2 is 1.86 bits per heavy atom. The van der Waals surface area contributed by atoms with Crippen LogP contribution in [0.15, 0.2) is 24.3 Å². The Balaban J connectivity index is 1.62. The van der Waals surface area contributed by atoms with Gasteiger partial charge in [0.05, 0.1) is 38.2 Å². The zero-order chi connectivity index (χ0) is 31.7. The van der Waals surface area contributed by atoms with Crippen LogP contribution in [0.3, 0.4) is 0 Å². The van der Waals surface area contributed by atoms with Crippen molar-refractivity contribution in [2.24, 2.45) is 5.92 Å². The number of hydrogen-bond acceptors (Lipinski definition) is 8. The van der Waals surface area contributed by atoms with E-state index in [-0.39, 0.29) is 37.3 Å². The highest BCUT2D eigenvalue weighted by Gasteiger charge is 2.40. The maximum atomic E-state index is 14.0. The van der Waals surface area contributed by atoms with Crippen LogP contribution in [0.1, 0.15) is 51.0 Å². The summed E-state index contributed by atoms with van der Waals surface area (Å²) in [6.07, 6.45) is 1.81. The molecule has 3 aliphatic rings. The second-order valence-corrected chi connectivity index (χ2v) is 14.0. The summed E-state index contributed by atoms with van der Waals surface area (Å²) >= 11 is 0. The average molecular weight is 643 g/mol. The summed E-state index contributed by atoms with van der Waals surface area (Å²) in [5, 5.41) is 4.97. The van der Waals surface area contributed by atoms with Crippen LogP contribution >= 0.6 is 0 Å². The molecule has 1 aromatic carbocycles. The van der Waals surface area contributed by atoms with Crippen LogP contribution in [-0.2, 0) is 35.6 Å². The van der Waals surface area contributed by atoms with Gasteiger partial charge >= 0.3 is 0 Å². The molecule has 0 unspecified atom stereocenters. The number of Topliss-reactive ketones (excluding diaryl/α,β-unsaturated/α-hetero) is 1. The van der Waals surface area contributed by atoms with Crippen molar-refractivity contribution in [2.75, 3.05) is 58.3 Å². The van der Waals surface area contributed by atoms with E-state index in [0.717, 1.165) is 5.56 Å². The molecule has 246 valence electrons. The number of hydrogen-bond donors (Lipinski definition) is 2. The minimum atomic E-state index is -3.66. The number of ether oxygens (including phenoxy) is 2. The highest BCUT2D eigenvalue weighted by atomic mass is 32.2. The van der Waals surface area contributed by atoms with Crippen molar-refractivity contribution in [3.63, 3.8) is 0 Å². The molecule has 2 amide bonds. The van der Waals surface area contributed by atoms with Crippen molar-refractivity contribution in [1.29, 1.82) is 0 Å². The molecule has 2 fully saturated rings. The number of carbonyl (C=O) groups is 3. The van der Waals surface area contributed by atoms with Crippen molar-refractivity contribution in [3.05, 3.63) is 29.8 Å². The van der Waals surface area contributed by atoms with Gasteiger partial charge in [-0.15, -0.1) is 0 Å². The van der Waals surface area contributed by atoms with E-state index in [1.165, 1.54) is 4.31 Å². The molecule has 0 aromatic heterocycles. The summed E-state index contributed by atoms with van der Waals surface area (Å²) < 4.78 is 65.5. The lowest BCUT2D eigenvalue weighted by atomic mass is 9.91. The standard InChI is InChI=1S/C30H44F2N4O7S/c1-30(31,32)21-33-29(39)25-8-2-3-14-43-24-7-4-6-22(18-24)19-26(36-10-5-17-44(36,40)41)27(37)20-23(28(38)34-25)9-11-35-12-15-42-16-13-35/h4,6-7,18,23,25-26H,2-3,5,8-17,19-21H2,1H3,(H,33,39)(H,34,38)/t23-,25+,26+/m1/s1. The lowest BCUT2D eigenvalue weighted by molar-refractivity contribution is -0.134. The quantitative estimate of drug-likeness (QED) is 0.460. The molecule has 3 atom stereocenters. The first-order valence-electron chi connectivity index (χ1n) is 15.4. The molecule has 0 spiro atoms. The van der Waals surface area contributed by atoms with E-state index in [4.69, 9.17) is 9.47 Å². The Labute approximate surface area is 258 Å². The Morgan fingerprint density at radius 1 is 1.09 bits per heavy atom. The van der Waals surface area contributed by atoms with Crippen molar-refractivity contribution >= 4 is 27.6 Å². The predicted octanol–water partition coefficient (Wildman–Crippen LogP) is 1.75. The van der Waals surface area contributed by atoms with E-state index in [1.54, 1.807) is 18.2 Å². The van der Waals surface area contributed by atoms with Gasteiger partial charge in [-0.05, 0) is 62.8 Å². The number of fused-ring (bicyclic) bond motifs is 2. The number of benzene rings is 1. The molecule has 11 nitrogen and oxygen atoms in total. The van der Waals surface area contributed by atoms with E-state index >= 15 is 0 Å². The van der Waals surface area contributed by atoms with Crippen LogP contribution in [-0.4, -0.2) is 112 Å². The zero-order valence-electron chi connectivity index (χ0n) is 25.3. The highest BCUT2D eigenvalue weighted by Crippen LogP contribution is 2.26. The third-order valence-corrected chi connectivity index (χ3v) is 10.2. The fourth-order valence-corrected chi connectivity index (χ4v) is 7.52. The van der Waals surface area contributed by atoms with Crippen LogP contribution in [0.5, 0.6) is 5.75 Å². The van der Waals surface area contributed by atoms with Gasteiger partial charge in [0.15, 0.2) is 5.78 Å². The van der Waals surface area contributed by atoms with Gasteiger partial charge in [-0.1, -0.05) is 12.1 Å². The van der Waals surface area contributed by atoms with E-state index in [9.17, 15) is 31.6 Å². The molecule has 0 aliphatic carbocycles. The third-order valence-electron chi connectivity index (χ3n) is 8.26. The maximum Gasteiger partial charge on any atom is 0.262 e. The van der Waals surface area contributed by atoms with Gasteiger partial charge in [-0.3, -0.25) is 19.3 Å². The second-order valence-electron chi connectivity index (χ2n) is 12.0. The smallest absolute Gasteiger partial charge is 0.262 e. The van der Waals surface area contributed by atoms with Crippen LogP contribution in [0.2, 0.25) is 0 Å². The minimum Gasteiger partial charge on any atom is -0.494 e. The van der Waals surface area contributed by atoms with Gasteiger partial charge in [-0.2, -0.15) is 4.31 Å². The van der Waals surface area contributed by atoms with Gasteiger partial charge in [0, 0.05) is 38.9 Å². The predicted molar refractivity (Wildman–Crippen MR) is 159 cm³/mol. The number of sulfonamides is 1. The number of morpholine rings is 1. The lowest BCUT2D eigenvalue weighted by Crippen LogP contribution is -2.51. The van der Waals surface area contributed by atoms with Gasteiger partial charge in [0.25, 0.3) is 5.92 Å². The molecule has 14 heteroatoms. The normalized spacial score (nSPS) is 26.5. The zero-order valence-corrected chi connectivity index (χ0v) is 26.1. The summed E-state index contributed by atoms with van der Waals surface area (Å²) in [6, 6.07) is 5.09. The van der Waals surface area contributed by atoms with Gasteiger partial charge in [-0.25, -0.2) is 17.2 Å². The summed E-state index contributed by atoms with van der Waals surface area (Å²) in [6.45, 7) is 3.30. The summed E-state index contributed by atoms with van der Waals surface area (Å²) in [5.41, 5.74) is 0.744. The van der Waals surface area contributed by atoms with Gasteiger partial charge in [0.2, 0.25) is 21.8 Å². The first-order chi connectivity index (χ1) is 20.9. The molecule has 0 saturated carbocycles.